The number of thioether (sulfide) groups is 1. The van der Waals surface area contributed by atoms with E-state index in [1.807, 2.05) is 66.7 Å². The number of amides is 2. The molecule has 0 aliphatic carbocycles. The fourth-order valence-electron chi connectivity index (χ4n) is 3.29. The summed E-state index contributed by atoms with van der Waals surface area (Å²) in [5, 5.41) is 13.3. The molecule has 1 unspecified atom stereocenters. The summed E-state index contributed by atoms with van der Waals surface area (Å²) in [5.41, 5.74) is 7.74. The van der Waals surface area contributed by atoms with Gasteiger partial charge in [-0.25, -0.2) is 0 Å². The molecule has 6 heteroatoms. The lowest BCUT2D eigenvalue weighted by atomic mass is 9.89. The van der Waals surface area contributed by atoms with E-state index in [1.54, 1.807) is 17.8 Å². The summed E-state index contributed by atoms with van der Waals surface area (Å²) in [6.07, 6.45) is 0. The van der Waals surface area contributed by atoms with Crippen LogP contribution in [0.1, 0.15) is 27.4 Å². The molecule has 0 radical (unpaired) electrons. The maximum Gasteiger partial charge on any atom is 0.249 e. The fraction of sp³-hybridized carbons (Fsp3) is 0.174. The third-order valence-electron chi connectivity index (χ3n) is 4.64. The van der Waals surface area contributed by atoms with Crippen LogP contribution in [-0.4, -0.2) is 24.1 Å². The van der Waals surface area contributed by atoms with Crippen LogP contribution in [0.3, 0.4) is 0 Å². The molecular formula is C23H21N3O2S. The molecule has 3 aromatic rings. The third kappa shape index (κ3) is 4.95. The molecule has 0 aliphatic heterocycles. The van der Waals surface area contributed by atoms with E-state index < -0.39 is 11.8 Å². The molecule has 0 spiro atoms. The Bertz CT molecular complexity index is 1060. The number of rotatable bonds is 8. The molecule has 0 bridgehead atoms. The van der Waals surface area contributed by atoms with E-state index in [4.69, 9.17) is 11.0 Å². The highest BCUT2D eigenvalue weighted by Crippen LogP contribution is 2.32. The molecule has 5 nitrogen and oxygen atoms in total. The third-order valence-corrected chi connectivity index (χ3v) is 5.75. The summed E-state index contributed by atoms with van der Waals surface area (Å²) in [6.45, 7) is -0.0879. The van der Waals surface area contributed by atoms with Crippen molar-refractivity contribution < 1.29 is 9.59 Å². The number of carbonyl (C=O) groups excluding carboxylic acids is 2. The van der Waals surface area contributed by atoms with E-state index in [9.17, 15) is 9.59 Å². The van der Waals surface area contributed by atoms with Gasteiger partial charge in [-0.2, -0.15) is 17.0 Å². The Hall–Kier alpha value is -3.30. The van der Waals surface area contributed by atoms with Crippen molar-refractivity contribution in [3.05, 3.63) is 83.4 Å². The molecule has 0 heterocycles. The molecule has 2 amide bonds. The smallest absolute Gasteiger partial charge is 0.249 e. The quantitative estimate of drug-likeness (QED) is 0.562. The number of nitrogens with two attached hydrogens (primary N) is 1. The number of carbonyl (C=O) groups is 2. The molecule has 0 aliphatic rings. The van der Waals surface area contributed by atoms with Gasteiger partial charge in [-0.15, -0.1) is 0 Å². The Labute approximate surface area is 173 Å². The van der Waals surface area contributed by atoms with Gasteiger partial charge in [0, 0.05) is 17.1 Å². The molecule has 0 saturated carbocycles. The van der Waals surface area contributed by atoms with Crippen molar-refractivity contribution in [2.24, 2.45) is 5.73 Å². The Morgan fingerprint density at radius 2 is 1.76 bits per heavy atom. The predicted octanol–water partition coefficient (Wildman–Crippen LogP) is 3.60. The van der Waals surface area contributed by atoms with E-state index in [2.05, 4.69) is 5.32 Å². The van der Waals surface area contributed by atoms with Gasteiger partial charge in [0.15, 0.2) is 0 Å². The van der Waals surface area contributed by atoms with Crippen molar-refractivity contribution in [1.29, 1.82) is 5.26 Å². The average molecular weight is 404 g/mol. The summed E-state index contributed by atoms with van der Waals surface area (Å²) in [4.78, 5) is 25.1. The van der Waals surface area contributed by atoms with E-state index in [1.165, 1.54) is 0 Å². The van der Waals surface area contributed by atoms with Gasteiger partial charge in [0.2, 0.25) is 11.8 Å². The van der Waals surface area contributed by atoms with Gasteiger partial charge in [-0.05, 0) is 28.0 Å². The number of hydrogen-bond acceptors (Lipinski definition) is 4. The van der Waals surface area contributed by atoms with Crippen LogP contribution in [0.15, 0.2) is 66.7 Å². The van der Waals surface area contributed by atoms with Crippen LogP contribution in [0.25, 0.3) is 10.8 Å². The number of hydrogen-bond donors (Lipinski definition) is 2. The lowest BCUT2D eigenvalue weighted by Crippen LogP contribution is -2.32. The minimum Gasteiger partial charge on any atom is -0.366 e. The first-order chi connectivity index (χ1) is 14.1. The summed E-state index contributed by atoms with van der Waals surface area (Å²) in [7, 11) is 0. The number of fused-ring (bicyclic) bond motifs is 1. The van der Waals surface area contributed by atoms with Gasteiger partial charge in [0.05, 0.1) is 12.0 Å². The second-order valence-electron chi connectivity index (χ2n) is 6.54. The molecule has 3 rings (SSSR count). The van der Waals surface area contributed by atoms with Gasteiger partial charge in [0.1, 0.15) is 6.54 Å². The average Bonchev–Trinajstić information content (AvgIpc) is 2.75. The zero-order chi connectivity index (χ0) is 20.6. The van der Waals surface area contributed by atoms with Gasteiger partial charge in [-0.3, -0.25) is 9.59 Å². The standard InChI is InChI=1S/C23H21N3O2S/c24-12-13-26-23(28)20(15-29-14-16-6-2-1-3-7-16)21-18-9-5-4-8-17(18)10-11-19(21)22(25)27/h1-11,20H,13-15H2,(H2,25,27)(H,26,28). The topological polar surface area (TPSA) is 96.0 Å². The Balaban J connectivity index is 1.99. The summed E-state index contributed by atoms with van der Waals surface area (Å²) in [5.74, 6) is -0.270. The largest absolute Gasteiger partial charge is 0.366 e. The van der Waals surface area contributed by atoms with Crippen LogP contribution in [0, 0.1) is 11.3 Å². The first-order valence-corrected chi connectivity index (χ1v) is 10.3. The minimum absolute atomic E-state index is 0.0879. The van der Waals surface area contributed by atoms with E-state index >= 15 is 0 Å². The van der Waals surface area contributed by atoms with Crippen LogP contribution >= 0.6 is 11.8 Å². The number of nitrogens with zero attached hydrogens (tertiary/aromatic N) is 1. The van der Waals surface area contributed by atoms with Crippen molar-refractivity contribution in [2.45, 2.75) is 11.7 Å². The molecule has 0 fully saturated rings. The van der Waals surface area contributed by atoms with Crippen molar-refractivity contribution >= 4 is 34.3 Å². The van der Waals surface area contributed by atoms with Crippen LogP contribution in [0.2, 0.25) is 0 Å². The zero-order valence-corrected chi connectivity index (χ0v) is 16.6. The second-order valence-corrected chi connectivity index (χ2v) is 7.57. The Morgan fingerprint density at radius 3 is 2.48 bits per heavy atom. The number of benzene rings is 3. The Kier molecular flexibility index (Phi) is 6.88. The maximum absolute atomic E-state index is 12.9. The van der Waals surface area contributed by atoms with E-state index in [0.717, 1.165) is 22.1 Å². The molecule has 29 heavy (non-hydrogen) atoms. The maximum atomic E-state index is 12.9. The number of nitriles is 1. The van der Waals surface area contributed by atoms with Crippen molar-refractivity contribution in [3.8, 4) is 6.07 Å². The highest BCUT2D eigenvalue weighted by atomic mass is 32.2. The number of nitrogens with one attached hydrogen (secondary N) is 1. The molecule has 0 aromatic heterocycles. The van der Waals surface area contributed by atoms with Crippen molar-refractivity contribution in [2.75, 3.05) is 12.3 Å². The predicted molar refractivity (Wildman–Crippen MR) is 116 cm³/mol. The monoisotopic (exact) mass is 403 g/mol. The van der Waals surface area contributed by atoms with Crippen molar-refractivity contribution in [3.63, 3.8) is 0 Å². The summed E-state index contributed by atoms with van der Waals surface area (Å²) >= 11 is 1.60. The second kappa shape index (κ2) is 9.76. The Morgan fingerprint density at radius 1 is 1.03 bits per heavy atom. The molecule has 1 atom stereocenters. The minimum atomic E-state index is -0.606. The van der Waals surface area contributed by atoms with E-state index in [0.29, 0.717) is 16.9 Å². The van der Waals surface area contributed by atoms with E-state index in [-0.39, 0.29) is 12.5 Å². The molecule has 0 saturated heterocycles. The van der Waals surface area contributed by atoms with Crippen LogP contribution in [-0.2, 0) is 10.5 Å². The fourth-order valence-corrected chi connectivity index (χ4v) is 4.39. The first-order valence-electron chi connectivity index (χ1n) is 9.19. The van der Waals surface area contributed by atoms with Crippen LogP contribution < -0.4 is 11.1 Å². The molecule has 146 valence electrons. The highest BCUT2D eigenvalue weighted by molar-refractivity contribution is 7.98. The van der Waals surface area contributed by atoms with Gasteiger partial charge < -0.3 is 11.1 Å². The highest BCUT2D eigenvalue weighted by Gasteiger charge is 2.27. The zero-order valence-electron chi connectivity index (χ0n) is 15.8. The SMILES string of the molecule is N#CCNC(=O)C(CSCc1ccccc1)c1c(C(N)=O)ccc2ccccc12. The molecular weight excluding hydrogens is 382 g/mol. The molecule has 3 aromatic carbocycles. The molecule has 3 N–H and O–H groups in total. The van der Waals surface area contributed by atoms with Gasteiger partial charge in [0.25, 0.3) is 0 Å². The lowest BCUT2D eigenvalue weighted by molar-refractivity contribution is -0.121. The van der Waals surface area contributed by atoms with Crippen LogP contribution in [0.5, 0.6) is 0 Å². The summed E-state index contributed by atoms with van der Waals surface area (Å²) in [6, 6.07) is 23.0. The summed E-state index contributed by atoms with van der Waals surface area (Å²) < 4.78 is 0. The van der Waals surface area contributed by atoms with Gasteiger partial charge in [-0.1, -0.05) is 60.7 Å². The van der Waals surface area contributed by atoms with Gasteiger partial charge >= 0.3 is 0 Å². The van der Waals surface area contributed by atoms with Crippen LogP contribution in [0.4, 0.5) is 0 Å². The number of primary amides is 1. The lowest BCUT2D eigenvalue weighted by Gasteiger charge is -2.21. The normalized spacial score (nSPS) is 11.6. The van der Waals surface area contributed by atoms with Crippen molar-refractivity contribution in [1.82, 2.24) is 5.32 Å². The first kappa shape index (κ1) is 20.4.